The molecule has 0 spiro atoms. The van der Waals surface area contributed by atoms with E-state index in [1.165, 1.54) is 18.5 Å². The SMILES string of the molecule is Cc1ccccc1OCCCCN1CCOCC1. The minimum Gasteiger partial charge on any atom is -0.493 e. The first kappa shape index (κ1) is 13.4. The fourth-order valence-corrected chi connectivity index (χ4v) is 2.16. The lowest BCUT2D eigenvalue weighted by Crippen LogP contribution is -2.36. The third kappa shape index (κ3) is 4.31. The van der Waals surface area contributed by atoms with Crippen molar-refractivity contribution in [1.29, 1.82) is 0 Å². The Bertz CT molecular complexity index is 348. The Balaban J connectivity index is 1.57. The highest BCUT2D eigenvalue weighted by molar-refractivity contribution is 5.31. The Morgan fingerprint density at radius 1 is 1.17 bits per heavy atom. The summed E-state index contributed by atoms with van der Waals surface area (Å²) in [4.78, 5) is 2.47. The third-order valence-electron chi connectivity index (χ3n) is 3.32. The average molecular weight is 249 g/mol. The number of rotatable bonds is 6. The van der Waals surface area contributed by atoms with Crippen molar-refractivity contribution < 1.29 is 9.47 Å². The van der Waals surface area contributed by atoms with E-state index in [-0.39, 0.29) is 0 Å². The highest BCUT2D eigenvalue weighted by Crippen LogP contribution is 2.16. The molecular formula is C15H23NO2. The van der Waals surface area contributed by atoms with Gasteiger partial charge >= 0.3 is 0 Å². The summed E-state index contributed by atoms with van der Waals surface area (Å²) in [5.41, 5.74) is 1.21. The number of hydrogen-bond donors (Lipinski definition) is 0. The van der Waals surface area contributed by atoms with E-state index in [9.17, 15) is 0 Å². The van der Waals surface area contributed by atoms with Crippen molar-refractivity contribution in [2.24, 2.45) is 0 Å². The smallest absolute Gasteiger partial charge is 0.122 e. The van der Waals surface area contributed by atoms with E-state index in [4.69, 9.17) is 9.47 Å². The van der Waals surface area contributed by atoms with Crippen LogP contribution in [0.15, 0.2) is 24.3 Å². The van der Waals surface area contributed by atoms with Gasteiger partial charge in [-0.3, -0.25) is 4.90 Å². The maximum absolute atomic E-state index is 5.78. The number of unbranched alkanes of at least 4 members (excludes halogenated alkanes) is 1. The summed E-state index contributed by atoms with van der Waals surface area (Å²) in [5, 5.41) is 0. The predicted octanol–water partition coefficient (Wildman–Crippen LogP) is 2.49. The van der Waals surface area contributed by atoms with Gasteiger partial charge in [0.15, 0.2) is 0 Å². The number of aryl methyl sites for hydroxylation is 1. The molecule has 1 aromatic carbocycles. The molecule has 3 heteroatoms. The van der Waals surface area contributed by atoms with Gasteiger partial charge < -0.3 is 9.47 Å². The van der Waals surface area contributed by atoms with Crippen LogP contribution in [-0.4, -0.2) is 44.4 Å². The number of morpholine rings is 1. The molecule has 0 bridgehead atoms. The van der Waals surface area contributed by atoms with E-state index < -0.39 is 0 Å². The summed E-state index contributed by atoms with van der Waals surface area (Å²) in [6.45, 7) is 8.01. The van der Waals surface area contributed by atoms with Crippen LogP contribution >= 0.6 is 0 Å². The molecule has 100 valence electrons. The summed E-state index contributed by atoms with van der Waals surface area (Å²) >= 11 is 0. The zero-order valence-electron chi connectivity index (χ0n) is 11.2. The average Bonchev–Trinajstić information content (AvgIpc) is 2.42. The Labute approximate surface area is 110 Å². The van der Waals surface area contributed by atoms with Gasteiger partial charge in [-0.15, -0.1) is 0 Å². The molecule has 1 heterocycles. The predicted molar refractivity (Wildman–Crippen MR) is 73.2 cm³/mol. The maximum Gasteiger partial charge on any atom is 0.122 e. The fourth-order valence-electron chi connectivity index (χ4n) is 2.16. The fraction of sp³-hybridized carbons (Fsp3) is 0.600. The standard InChI is InChI=1S/C15H23NO2/c1-14-6-2-3-7-15(14)18-11-5-4-8-16-9-12-17-13-10-16/h2-3,6-7H,4-5,8-13H2,1H3. The molecule has 0 atom stereocenters. The molecule has 3 nitrogen and oxygen atoms in total. The molecule has 2 rings (SSSR count). The zero-order valence-corrected chi connectivity index (χ0v) is 11.2. The Kier molecular flexibility index (Phi) is 5.49. The van der Waals surface area contributed by atoms with Crippen LogP contribution in [0.1, 0.15) is 18.4 Å². The van der Waals surface area contributed by atoms with Crippen LogP contribution in [0.25, 0.3) is 0 Å². The van der Waals surface area contributed by atoms with Gasteiger partial charge in [0.1, 0.15) is 5.75 Å². The molecule has 0 saturated carbocycles. The highest BCUT2D eigenvalue weighted by Gasteiger charge is 2.09. The van der Waals surface area contributed by atoms with E-state index in [1.54, 1.807) is 0 Å². The Morgan fingerprint density at radius 3 is 2.72 bits per heavy atom. The molecule has 1 aliphatic rings. The maximum atomic E-state index is 5.78. The van der Waals surface area contributed by atoms with E-state index in [2.05, 4.69) is 17.9 Å². The normalized spacial score (nSPS) is 16.7. The Hall–Kier alpha value is -1.06. The number of hydrogen-bond acceptors (Lipinski definition) is 3. The molecule has 0 radical (unpaired) electrons. The monoisotopic (exact) mass is 249 g/mol. The van der Waals surface area contributed by atoms with Gasteiger partial charge in [-0.1, -0.05) is 18.2 Å². The highest BCUT2D eigenvalue weighted by atomic mass is 16.5. The summed E-state index contributed by atoms with van der Waals surface area (Å²) in [6, 6.07) is 8.19. The number of benzene rings is 1. The minimum absolute atomic E-state index is 0.815. The molecular weight excluding hydrogens is 226 g/mol. The van der Waals surface area contributed by atoms with Gasteiger partial charge in [0, 0.05) is 13.1 Å². The van der Waals surface area contributed by atoms with Gasteiger partial charge in [0.05, 0.1) is 19.8 Å². The van der Waals surface area contributed by atoms with Gasteiger partial charge in [-0.25, -0.2) is 0 Å². The molecule has 1 aromatic rings. The van der Waals surface area contributed by atoms with Crippen LogP contribution in [0.2, 0.25) is 0 Å². The summed E-state index contributed by atoms with van der Waals surface area (Å²) in [5.74, 6) is 1.02. The van der Waals surface area contributed by atoms with Crippen LogP contribution in [0.3, 0.4) is 0 Å². The van der Waals surface area contributed by atoms with Crippen molar-refractivity contribution in [2.45, 2.75) is 19.8 Å². The van der Waals surface area contributed by atoms with Gasteiger partial charge in [0.2, 0.25) is 0 Å². The van der Waals surface area contributed by atoms with E-state index in [0.29, 0.717) is 0 Å². The molecule has 1 saturated heterocycles. The van der Waals surface area contributed by atoms with Gasteiger partial charge in [-0.05, 0) is 37.9 Å². The molecule has 1 aliphatic heterocycles. The van der Waals surface area contributed by atoms with E-state index in [0.717, 1.165) is 45.1 Å². The second-order valence-electron chi connectivity index (χ2n) is 4.78. The van der Waals surface area contributed by atoms with Crippen LogP contribution in [0.5, 0.6) is 5.75 Å². The summed E-state index contributed by atoms with van der Waals surface area (Å²) in [6.07, 6.45) is 2.32. The number of ether oxygens (including phenoxy) is 2. The summed E-state index contributed by atoms with van der Waals surface area (Å²) < 4.78 is 11.1. The van der Waals surface area contributed by atoms with Crippen LogP contribution in [0, 0.1) is 6.92 Å². The van der Waals surface area contributed by atoms with E-state index in [1.807, 2.05) is 18.2 Å². The zero-order chi connectivity index (χ0) is 12.6. The minimum atomic E-state index is 0.815. The molecule has 0 unspecified atom stereocenters. The third-order valence-corrected chi connectivity index (χ3v) is 3.32. The molecule has 1 fully saturated rings. The van der Waals surface area contributed by atoms with Crippen molar-refractivity contribution in [1.82, 2.24) is 4.90 Å². The molecule has 0 aromatic heterocycles. The van der Waals surface area contributed by atoms with Crippen molar-refractivity contribution >= 4 is 0 Å². The lowest BCUT2D eigenvalue weighted by Gasteiger charge is -2.26. The first-order valence-electron chi connectivity index (χ1n) is 6.85. The topological polar surface area (TPSA) is 21.7 Å². The summed E-state index contributed by atoms with van der Waals surface area (Å²) in [7, 11) is 0. The van der Waals surface area contributed by atoms with Crippen LogP contribution in [-0.2, 0) is 4.74 Å². The van der Waals surface area contributed by atoms with Crippen molar-refractivity contribution in [3.63, 3.8) is 0 Å². The number of para-hydroxylation sites is 1. The van der Waals surface area contributed by atoms with E-state index >= 15 is 0 Å². The second-order valence-corrected chi connectivity index (χ2v) is 4.78. The Morgan fingerprint density at radius 2 is 1.94 bits per heavy atom. The first-order chi connectivity index (χ1) is 8.86. The van der Waals surface area contributed by atoms with Gasteiger partial charge in [-0.2, -0.15) is 0 Å². The second kappa shape index (κ2) is 7.39. The number of nitrogens with zero attached hydrogens (tertiary/aromatic N) is 1. The van der Waals surface area contributed by atoms with Gasteiger partial charge in [0.25, 0.3) is 0 Å². The molecule has 0 amide bonds. The quantitative estimate of drug-likeness (QED) is 0.723. The molecule has 0 N–H and O–H groups in total. The van der Waals surface area contributed by atoms with Crippen molar-refractivity contribution in [2.75, 3.05) is 39.5 Å². The first-order valence-corrected chi connectivity index (χ1v) is 6.85. The van der Waals surface area contributed by atoms with Crippen LogP contribution in [0.4, 0.5) is 0 Å². The lowest BCUT2D eigenvalue weighted by atomic mass is 10.2. The van der Waals surface area contributed by atoms with Crippen molar-refractivity contribution in [3.05, 3.63) is 29.8 Å². The largest absolute Gasteiger partial charge is 0.493 e. The van der Waals surface area contributed by atoms with Crippen LogP contribution < -0.4 is 4.74 Å². The van der Waals surface area contributed by atoms with Crippen molar-refractivity contribution in [3.8, 4) is 5.75 Å². The molecule has 18 heavy (non-hydrogen) atoms. The molecule has 0 aliphatic carbocycles. The lowest BCUT2D eigenvalue weighted by molar-refractivity contribution is 0.0368.